The Bertz CT molecular complexity index is 909. The Morgan fingerprint density at radius 3 is 2.62 bits per heavy atom. The summed E-state index contributed by atoms with van der Waals surface area (Å²) in [6, 6.07) is 9.13. The normalized spacial score (nSPS) is 14.2. The lowest BCUT2D eigenvalue weighted by atomic mass is 10.1. The highest BCUT2D eigenvalue weighted by Crippen LogP contribution is 2.33. The van der Waals surface area contributed by atoms with Gasteiger partial charge in [0.05, 0.1) is 5.57 Å². The molecular weight excluding hydrogens is 408 g/mol. The van der Waals surface area contributed by atoms with E-state index in [1.165, 1.54) is 16.2 Å². The molecule has 1 N–H and O–H groups in total. The first kappa shape index (κ1) is 21.6. The van der Waals surface area contributed by atoms with Crippen molar-refractivity contribution in [3.63, 3.8) is 0 Å². The molecule has 5 nitrogen and oxygen atoms in total. The molecule has 2 aromatic rings. The Kier molecular flexibility index (Phi) is 7.47. The molecular formula is C22H25ClN2O3S. The van der Waals surface area contributed by atoms with Gasteiger partial charge in [-0.15, -0.1) is 11.3 Å². The van der Waals surface area contributed by atoms with Crippen molar-refractivity contribution in [2.75, 3.05) is 25.1 Å². The number of aryl methyl sites for hydroxylation is 1. The molecule has 1 aliphatic rings. The summed E-state index contributed by atoms with van der Waals surface area (Å²) in [6.45, 7) is 5.60. The van der Waals surface area contributed by atoms with Crippen LogP contribution in [0, 0.1) is 6.92 Å². The SMILES string of the molecule is CCCCOCCCN1C(=O)C(Nc2ccc(Cl)cc2C)=C(c2cccs2)C1=O. The zero-order valence-corrected chi connectivity index (χ0v) is 18.2. The van der Waals surface area contributed by atoms with Crippen LogP contribution in [-0.2, 0) is 14.3 Å². The van der Waals surface area contributed by atoms with Crippen LogP contribution < -0.4 is 5.32 Å². The van der Waals surface area contributed by atoms with Crippen molar-refractivity contribution in [2.24, 2.45) is 0 Å². The summed E-state index contributed by atoms with van der Waals surface area (Å²) in [5.74, 6) is -0.568. The number of amides is 2. The van der Waals surface area contributed by atoms with E-state index in [1.54, 1.807) is 6.07 Å². The average Bonchev–Trinajstić information content (AvgIpc) is 3.29. The Labute approximate surface area is 180 Å². The minimum atomic E-state index is -0.304. The van der Waals surface area contributed by atoms with Gasteiger partial charge in [0.2, 0.25) is 0 Å². The third-order valence-corrected chi connectivity index (χ3v) is 5.82. The first-order valence-electron chi connectivity index (χ1n) is 9.78. The highest BCUT2D eigenvalue weighted by atomic mass is 35.5. The maximum absolute atomic E-state index is 13.1. The quantitative estimate of drug-likeness (QED) is 0.418. The lowest BCUT2D eigenvalue weighted by Gasteiger charge is -2.15. The Hall–Kier alpha value is -2.15. The monoisotopic (exact) mass is 432 g/mol. The average molecular weight is 433 g/mol. The van der Waals surface area contributed by atoms with Gasteiger partial charge in [0.15, 0.2) is 0 Å². The zero-order chi connectivity index (χ0) is 20.8. The molecule has 7 heteroatoms. The van der Waals surface area contributed by atoms with Crippen molar-refractivity contribution < 1.29 is 14.3 Å². The molecule has 154 valence electrons. The second-order valence-electron chi connectivity index (χ2n) is 6.89. The van der Waals surface area contributed by atoms with Crippen molar-refractivity contribution in [2.45, 2.75) is 33.1 Å². The van der Waals surface area contributed by atoms with Crippen molar-refractivity contribution >= 4 is 46.0 Å². The summed E-state index contributed by atoms with van der Waals surface area (Å²) >= 11 is 7.48. The predicted octanol–water partition coefficient (Wildman–Crippen LogP) is 5.11. The molecule has 0 unspecified atom stereocenters. The predicted molar refractivity (Wildman–Crippen MR) is 118 cm³/mol. The van der Waals surface area contributed by atoms with Crippen molar-refractivity contribution in [1.29, 1.82) is 0 Å². The molecule has 1 aromatic carbocycles. The first-order valence-corrected chi connectivity index (χ1v) is 11.0. The third-order valence-electron chi connectivity index (χ3n) is 4.70. The minimum absolute atomic E-state index is 0.264. The van der Waals surface area contributed by atoms with Gasteiger partial charge in [-0.2, -0.15) is 0 Å². The van der Waals surface area contributed by atoms with E-state index in [1.807, 2.05) is 36.6 Å². The fourth-order valence-electron chi connectivity index (χ4n) is 3.12. The summed E-state index contributed by atoms with van der Waals surface area (Å²) in [7, 11) is 0. The van der Waals surface area contributed by atoms with Gasteiger partial charge in [0.1, 0.15) is 5.70 Å². The topological polar surface area (TPSA) is 58.6 Å². The van der Waals surface area contributed by atoms with E-state index in [0.717, 1.165) is 29.0 Å². The lowest BCUT2D eigenvalue weighted by Crippen LogP contribution is -2.34. The molecule has 0 spiro atoms. The van der Waals surface area contributed by atoms with E-state index in [9.17, 15) is 9.59 Å². The lowest BCUT2D eigenvalue weighted by molar-refractivity contribution is -0.137. The van der Waals surface area contributed by atoms with Crippen LogP contribution in [0.25, 0.3) is 5.57 Å². The van der Waals surface area contributed by atoms with E-state index in [-0.39, 0.29) is 11.8 Å². The van der Waals surface area contributed by atoms with Gasteiger partial charge in [0, 0.05) is 35.3 Å². The number of carbonyl (C=O) groups is 2. The molecule has 0 radical (unpaired) electrons. The molecule has 1 aromatic heterocycles. The maximum atomic E-state index is 13.1. The number of anilines is 1. The Morgan fingerprint density at radius 1 is 1.14 bits per heavy atom. The van der Waals surface area contributed by atoms with Crippen LogP contribution in [0.1, 0.15) is 36.6 Å². The largest absolute Gasteiger partial charge is 0.381 e. The molecule has 2 heterocycles. The van der Waals surface area contributed by atoms with Gasteiger partial charge in [-0.1, -0.05) is 31.0 Å². The van der Waals surface area contributed by atoms with Gasteiger partial charge >= 0.3 is 0 Å². The molecule has 0 bridgehead atoms. The smallest absolute Gasteiger partial charge is 0.278 e. The molecule has 2 amide bonds. The van der Waals surface area contributed by atoms with Crippen molar-refractivity contribution in [3.05, 3.63) is 56.9 Å². The minimum Gasteiger partial charge on any atom is -0.381 e. The highest BCUT2D eigenvalue weighted by Gasteiger charge is 2.39. The van der Waals surface area contributed by atoms with Crippen LogP contribution in [-0.4, -0.2) is 36.5 Å². The highest BCUT2D eigenvalue weighted by molar-refractivity contribution is 7.11. The van der Waals surface area contributed by atoms with Crippen LogP contribution in [0.15, 0.2) is 41.4 Å². The second kappa shape index (κ2) is 10.1. The second-order valence-corrected chi connectivity index (χ2v) is 8.28. The zero-order valence-electron chi connectivity index (χ0n) is 16.7. The number of carbonyl (C=O) groups excluding carboxylic acids is 2. The number of imide groups is 1. The summed E-state index contributed by atoms with van der Waals surface area (Å²) in [6.07, 6.45) is 2.71. The molecule has 1 aliphatic heterocycles. The van der Waals surface area contributed by atoms with Crippen LogP contribution in [0.2, 0.25) is 5.02 Å². The molecule has 0 saturated heterocycles. The number of unbranched alkanes of at least 4 members (excludes halogenated alkanes) is 1. The van der Waals surface area contributed by atoms with E-state index >= 15 is 0 Å². The standard InChI is InChI=1S/C22H25ClN2O3S/c1-3-4-11-28-12-6-10-25-21(26)19(18-7-5-13-29-18)20(22(25)27)24-17-9-8-16(23)14-15(17)2/h5,7-9,13-14,24H,3-4,6,10-12H2,1-2H3. The van der Waals surface area contributed by atoms with Gasteiger partial charge in [-0.3, -0.25) is 14.5 Å². The van der Waals surface area contributed by atoms with E-state index in [0.29, 0.717) is 42.5 Å². The number of hydrogen-bond acceptors (Lipinski definition) is 5. The maximum Gasteiger partial charge on any atom is 0.278 e. The molecule has 0 fully saturated rings. The number of thiophene rings is 1. The summed E-state index contributed by atoms with van der Waals surface area (Å²) < 4.78 is 5.56. The molecule has 29 heavy (non-hydrogen) atoms. The first-order chi connectivity index (χ1) is 14.0. The van der Waals surface area contributed by atoms with E-state index < -0.39 is 0 Å². The van der Waals surface area contributed by atoms with Gasteiger partial charge in [0.25, 0.3) is 11.8 Å². The number of halogens is 1. The number of nitrogens with one attached hydrogen (secondary N) is 1. The fraction of sp³-hybridized carbons (Fsp3) is 0.364. The number of rotatable bonds is 10. The molecule has 0 saturated carbocycles. The molecule has 3 rings (SSSR count). The van der Waals surface area contributed by atoms with E-state index in [2.05, 4.69) is 12.2 Å². The van der Waals surface area contributed by atoms with Gasteiger partial charge in [-0.25, -0.2) is 0 Å². The molecule has 0 aliphatic carbocycles. The van der Waals surface area contributed by atoms with Gasteiger partial charge in [-0.05, 0) is 55.0 Å². The number of hydrogen-bond donors (Lipinski definition) is 1. The van der Waals surface area contributed by atoms with Crippen molar-refractivity contribution in [1.82, 2.24) is 4.90 Å². The van der Waals surface area contributed by atoms with Gasteiger partial charge < -0.3 is 10.1 Å². The Morgan fingerprint density at radius 2 is 1.93 bits per heavy atom. The summed E-state index contributed by atoms with van der Waals surface area (Å²) in [4.78, 5) is 28.3. The summed E-state index contributed by atoms with van der Waals surface area (Å²) in [5.41, 5.74) is 2.39. The number of ether oxygens (including phenoxy) is 1. The molecule has 0 atom stereocenters. The number of benzene rings is 1. The van der Waals surface area contributed by atoms with E-state index in [4.69, 9.17) is 16.3 Å². The van der Waals surface area contributed by atoms with Crippen LogP contribution in [0.3, 0.4) is 0 Å². The summed E-state index contributed by atoms with van der Waals surface area (Å²) in [5, 5.41) is 5.71. The van der Waals surface area contributed by atoms with Crippen molar-refractivity contribution in [3.8, 4) is 0 Å². The fourth-order valence-corrected chi connectivity index (χ4v) is 4.11. The van der Waals surface area contributed by atoms with Crippen LogP contribution in [0.5, 0.6) is 0 Å². The van der Waals surface area contributed by atoms with Crippen LogP contribution >= 0.6 is 22.9 Å². The van der Waals surface area contributed by atoms with Crippen LogP contribution in [0.4, 0.5) is 5.69 Å². The Balaban J connectivity index is 1.79. The number of nitrogens with zero attached hydrogens (tertiary/aromatic N) is 1. The third kappa shape index (κ3) is 5.07.